The highest BCUT2D eigenvalue weighted by molar-refractivity contribution is 5.98. The monoisotopic (exact) mass is 248 g/mol. The van der Waals surface area contributed by atoms with E-state index in [1.165, 1.54) is 0 Å². The van der Waals surface area contributed by atoms with Gasteiger partial charge in [0, 0.05) is 31.5 Å². The zero-order chi connectivity index (χ0) is 13.5. The molecule has 98 valence electrons. The molecule has 0 radical (unpaired) electrons. The molecule has 0 fully saturated rings. The molecule has 0 heterocycles. The molecule has 0 atom stereocenters. The van der Waals surface area contributed by atoms with Crippen molar-refractivity contribution in [3.05, 3.63) is 34.9 Å². The number of nitrogens with one attached hydrogen (secondary N) is 1. The molecule has 0 bridgehead atoms. The molecule has 1 aromatic rings. The van der Waals surface area contributed by atoms with E-state index in [4.69, 9.17) is 5.73 Å². The Labute approximate surface area is 108 Å². The van der Waals surface area contributed by atoms with Crippen molar-refractivity contribution in [1.29, 1.82) is 0 Å². The Kier molecular flexibility index (Phi) is 5.52. The maximum atomic E-state index is 11.9. The molecule has 4 nitrogen and oxygen atoms in total. The van der Waals surface area contributed by atoms with Crippen molar-refractivity contribution < 1.29 is 9.59 Å². The average molecular weight is 248 g/mol. The molecule has 1 aromatic carbocycles. The first-order valence-electron chi connectivity index (χ1n) is 6.12. The lowest BCUT2D eigenvalue weighted by Crippen LogP contribution is -2.29. The number of hydrogen-bond donors (Lipinski definition) is 2. The largest absolute Gasteiger partial charge is 0.355 e. The normalized spacial score (nSPS) is 10.2. The van der Waals surface area contributed by atoms with Gasteiger partial charge in [-0.3, -0.25) is 9.59 Å². The van der Waals surface area contributed by atoms with E-state index in [2.05, 4.69) is 5.32 Å². The van der Waals surface area contributed by atoms with E-state index in [1.807, 2.05) is 32.0 Å². The Balaban J connectivity index is 2.50. The molecule has 0 unspecified atom stereocenters. The highest BCUT2D eigenvalue weighted by Crippen LogP contribution is 2.12. The summed E-state index contributed by atoms with van der Waals surface area (Å²) in [4.78, 5) is 23.2. The first-order chi connectivity index (χ1) is 8.54. The first kappa shape index (κ1) is 14.4. The molecule has 4 heteroatoms. The highest BCUT2D eigenvalue weighted by Gasteiger charge is 2.09. The third kappa shape index (κ3) is 4.30. The standard InChI is InChI=1S/C14H20N2O2/c1-10-3-4-12(9-11(10)2)13(17)5-6-14(18)16-8-7-15/h3-4,9H,5-8,15H2,1-2H3,(H,16,18). The molecule has 0 saturated heterocycles. The van der Waals surface area contributed by atoms with E-state index in [9.17, 15) is 9.59 Å². The number of amides is 1. The Morgan fingerprint density at radius 1 is 1.17 bits per heavy atom. The van der Waals surface area contributed by atoms with Crippen molar-refractivity contribution in [1.82, 2.24) is 5.32 Å². The second-order valence-electron chi connectivity index (χ2n) is 4.36. The lowest BCUT2D eigenvalue weighted by Gasteiger charge is -2.05. The van der Waals surface area contributed by atoms with Gasteiger partial charge < -0.3 is 11.1 Å². The Morgan fingerprint density at radius 2 is 1.89 bits per heavy atom. The Hall–Kier alpha value is -1.68. The average Bonchev–Trinajstić information content (AvgIpc) is 2.36. The van der Waals surface area contributed by atoms with Crippen LogP contribution in [0, 0.1) is 13.8 Å². The van der Waals surface area contributed by atoms with Crippen LogP contribution in [0.2, 0.25) is 0 Å². The number of ketones is 1. The van der Waals surface area contributed by atoms with Crippen LogP contribution in [-0.2, 0) is 4.79 Å². The van der Waals surface area contributed by atoms with Crippen LogP contribution in [0.5, 0.6) is 0 Å². The van der Waals surface area contributed by atoms with Crippen LogP contribution >= 0.6 is 0 Å². The van der Waals surface area contributed by atoms with Gasteiger partial charge in [0.15, 0.2) is 5.78 Å². The van der Waals surface area contributed by atoms with Gasteiger partial charge in [0.1, 0.15) is 0 Å². The van der Waals surface area contributed by atoms with E-state index < -0.39 is 0 Å². The van der Waals surface area contributed by atoms with Crippen LogP contribution in [0.15, 0.2) is 18.2 Å². The van der Waals surface area contributed by atoms with Gasteiger partial charge in [-0.05, 0) is 31.0 Å². The zero-order valence-corrected chi connectivity index (χ0v) is 11.0. The van der Waals surface area contributed by atoms with Crippen molar-refractivity contribution >= 4 is 11.7 Å². The van der Waals surface area contributed by atoms with E-state index >= 15 is 0 Å². The van der Waals surface area contributed by atoms with Gasteiger partial charge in [0.05, 0.1) is 0 Å². The topological polar surface area (TPSA) is 72.2 Å². The fourth-order valence-corrected chi connectivity index (χ4v) is 1.59. The van der Waals surface area contributed by atoms with Gasteiger partial charge in [-0.1, -0.05) is 12.1 Å². The smallest absolute Gasteiger partial charge is 0.220 e. The fraction of sp³-hybridized carbons (Fsp3) is 0.429. The SMILES string of the molecule is Cc1ccc(C(=O)CCC(=O)NCCN)cc1C. The number of hydrogen-bond acceptors (Lipinski definition) is 3. The maximum absolute atomic E-state index is 11.9. The van der Waals surface area contributed by atoms with Crippen molar-refractivity contribution in [2.75, 3.05) is 13.1 Å². The van der Waals surface area contributed by atoms with Gasteiger partial charge >= 0.3 is 0 Å². The van der Waals surface area contributed by atoms with Crippen LogP contribution < -0.4 is 11.1 Å². The summed E-state index contributed by atoms with van der Waals surface area (Å²) < 4.78 is 0. The number of carbonyl (C=O) groups is 2. The molecule has 0 aliphatic rings. The summed E-state index contributed by atoms with van der Waals surface area (Å²) >= 11 is 0. The predicted molar refractivity (Wildman–Crippen MR) is 71.5 cm³/mol. The lowest BCUT2D eigenvalue weighted by molar-refractivity contribution is -0.121. The second kappa shape index (κ2) is 6.91. The van der Waals surface area contributed by atoms with Crippen molar-refractivity contribution in [2.24, 2.45) is 5.73 Å². The molecule has 0 aliphatic heterocycles. The number of Topliss-reactive ketones (excluding diaryl/α,β-unsaturated/α-hetero) is 1. The number of rotatable bonds is 6. The molecule has 18 heavy (non-hydrogen) atoms. The molecular weight excluding hydrogens is 228 g/mol. The first-order valence-corrected chi connectivity index (χ1v) is 6.12. The van der Waals surface area contributed by atoms with E-state index in [1.54, 1.807) is 0 Å². The third-order valence-corrected chi connectivity index (χ3v) is 2.87. The van der Waals surface area contributed by atoms with Crippen LogP contribution in [0.1, 0.15) is 34.3 Å². The minimum atomic E-state index is -0.127. The quantitative estimate of drug-likeness (QED) is 0.746. The fourth-order valence-electron chi connectivity index (χ4n) is 1.59. The van der Waals surface area contributed by atoms with E-state index in [0.29, 0.717) is 18.7 Å². The second-order valence-corrected chi connectivity index (χ2v) is 4.36. The van der Waals surface area contributed by atoms with Gasteiger partial charge in [0.25, 0.3) is 0 Å². The molecule has 0 aliphatic carbocycles. The minimum Gasteiger partial charge on any atom is -0.355 e. The van der Waals surface area contributed by atoms with Crippen LogP contribution in [-0.4, -0.2) is 24.8 Å². The maximum Gasteiger partial charge on any atom is 0.220 e. The molecule has 0 spiro atoms. The summed E-state index contributed by atoms with van der Waals surface area (Å²) in [7, 11) is 0. The summed E-state index contributed by atoms with van der Waals surface area (Å²) in [5.74, 6) is -0.126. The van der Waals surface area contributed by atoms with Crippen LogP contribution in [0.4, 0.5) is 0 Å². The Morgan fingerprint density at radius 3 is 2.50 bits per heavy atom. The van der Waals surface area contributed by atoms with Crippen molar-refractivity contribution in [3.63, 3.8) is 0 Å². The molecule has 3 N–H and O–H groups in total. The van der Waals surface area contributed by atoms with Crippen molar-refractivity contribution in [2.45, 2.75) is 26.7 Å². The van der Waals surface area contributed by atoms with E-state index in [0.717, 1.165) is 11.1 Å². The summed E-state index contributed by atoms with van der Waals surface area (Å²) in [6, 6.07) is 5.61. The van der Waals surface area contributed by atoms with Crippen molar-refractivity contribution in [3.8, 4) is 0 Å². The number of nitrogens with two attached hydrogens (primary N) is 1. The summed E-state index contributed by atoms with van der Waals surface area (Å²) in [5.41, 5.74) is 8.19. The highest BCUT2D eigenvalue weighted by atomic mass is 16.2. The van der Waals surface area contributed by atoms with Gasteiger partial charge in [-0.2, -0.15) is 0 Å². The summed E-state index contributed by atoms with van der Waals surface area (Å²) in [6.07, 6.45) is 0.449. The summed E-state index contributed by atoms with van der Waals surface area (Å²) in [5, 5.41) is 2.64. The van der Waals surface area contributed by atoms with Gasteiger partial charge in [0.2, 0.25) is 5.91 Å². The minimum absolute atomic E-state index is 0.000925. The molecule has 1 amide bonds. The van der Waals surface area contributed by atoms with Gasteiger partial charge in [-0.25, -0.2) is 0 Å². The zero-order valence-electron chi connectivity index (χ0n) is 11.0. The Bertz CT molecular complexity index is 441. The molecule has 0 aromatic heterocycles. The number of carbonyl (C=O) groups excluding carboxylic acids is 2. The van der Waals surface area contributed by atoms with Gasteiger partial charge in [-0.15, -0.1) is 0 Å². The molecule has 1 rings (SSSR count). The number of aryl methyl sites for hydroxylation is 2. The van der Waals surface area contributed by atoms with Crippen LogP contribution in [0.25, 0.3) is 0 Å². The third-order valence-electron chi connectivity index (χ3n) is 2.87. The molecule has 0 saturated carbocycles. The molecular formula is C14H20N2O2. The predicted octanol–water partition coefficient (Wildman–Crippen LogP) is 1.34. The lowest BCUT2D eigenvalue weighted by atomic mass is 10.0. The van der Waals surface area contributed by atoms with Crippen LogP contribution in [0.3, 0.4) is 0 Å². The van der Waals surface area contributed by atoms with E-state index in [-0.39, 0.29) is 24.5 Å². The summed E-state index contributed by atoms with van der Waals surface area (Å²) in [6.45, 7) is 4.84. The number of benzene rings is 1.